The summed E-state index contributed by atoms with van der Waals surface area (Å²) in [6.07, 6.45) is 0.593. The molecule has 1 heterocycles. The van der Waals surface area contributed by atoms with Gasteiger partial charge in [-0.3, -0.25) is 0 Å². The Morgan fingerprint density at radius 3 is 2.82 bits per heavy atom. The van der Waals surface area contributed by atoms with Crippen LogP contribution in [0, 0.1) is 12.7 Å². The van der Waals surface area contributed by atoms with Crippen LogP contribution >= 0.6 is 0 Å². The first-order chi connectivity index (χ1) is 5.15. The van der Waals surface area contributed by atoms with Crippen LogP contribution in [0.15, 0.2) is 6.07 Å². The average Bonchev–Trinajstić information content (AvgIpc) is 1.97. The van der Waals surface area contributed by atoms with Gasteiger partial charge in [-0.1, -0.05) is 6.92 Å². The molecule has 1 aromatic heterocycles. The van der Waals surface area contributed by atoms with E-state index >= 15 is 0 Å². The molecular weight excluding hydrogens is 145 g/mol. The van der Waals surface area contributed by atoms with Gasteiger partial charge in [0, 0.05) is 5.56 Å². The highest BCUT2D eigenvalue weighted by Gasteiger charge is 2.05. The average molecular weight is 155 g/mol. The number of rotatable bonds is 1. The highest BCUT2D eigenvalue weighted by molar-refractivity contribution is 5.27. The fraction of sp³-hybridized carbons (Fsp3) is 0.375. The van der Waals surface area contributed by atoms with Gasteiger partial charge >= 0.3 is 0 Å². The van der Waals surface area contributed by atoms with E-state index in [0.29, 0.717) is 12.0 Å². The van der Waals surface area contributed by atoms with Crippen molar-refractivity contribution in [1.29, 1.82) is 0 Å². The number of nitrogens with zero attached hydrogens (tertiary/aromatic N) is 1. The van der Waals surface area contributed by atoms with Crippen molar-refractivity contribution in [3.63, 3.8) is 0 Å². The normalized spacial score (nSPS) is 10.1. The molecule has 0 fully saturated rings. The fourth-order valence-corrected chi connectivity index (χ4v) is 0.866. The van der Waals surface area contributed by atoms with Gasteiger partial charge in [-0.2, -0.15) is 0 Å². The summed E-state index contributed by atoms with van der Waals surface area (Å²) in [5.74, 6) is -0.425. The molecule has 1 rings (SSSR count). The molecule has 2 nitrogen and oxygen atoms in total. The zero-order valence-corrected chi connectivity index (χ0v) is 6.56. The van der Waals surface area contributed by atoms with Crippen LogP contribution < -0.4 is 0 Å². The summed E-state index contributed by atoms with van der Waals surface area (Å²) < 4.78 is 12.8. The minimum Gasteiger partial charge on any atom is -0.493 e. The predicted octanol–water partition coefficient (Wildman–Crippen LogP) is 1.80. The minimum absolute atomic E-state index is 0.0635. The predicted molar refractivity (Wildman–Crippen MR) is 40.0 cm³/mol. The maximum atomic E-state index is 12.8. The number of hydrogen-bond acceptors (Lipinski definition) is 2. The maximum Gasteiger partial charge on any atom is 0.214 e. The summed E-state index contributed by atoms with van der Waals surface area (Å²) in [6.45, 7) is 3.36. The summed E-state index contributed by atoms with van der Waals surface area (Å²) in [6, 6.07) is 1.32. The van der Waals surface area contributed by atoms with Crippen molar-refractivity contribution >= 4 is 0 Å². The second kappa shape index (κ2) is 2.86. The molecule has 0 radical (unpaired) electrons. The molecule has 0 atom stereocenters. The molecule has 1 N–H and O–H groups in total. The van der Waals surface area contributed by atoms with Crippen LogP contribution in [0.5, 0.6) is 5.88 Å². The van der Waals surface area contributed by atoms with Crippen LogP contribution in [0.2, 0.25) is 0 Å². The topological polar surface area (TPSA) is 33.1 Å². The van der Waals surface area contributed by atoms with Gasteiger partial charge in [-0.15, -0.1) is 0 Å². The highest BCUT2D eigenvalue weighted by atomic mass is 19.1. The van der Waals surface area contributed by atoms with Gasteiger partial charge in [-0.25, -0.2) is 9.37 Å². The Labute approximate surface area is 64.7 Å². The van der Waals surface area contributed by atoms with Crippen molar-refractivity contribution < 1.29 is 9.50 Å². The van der Waals surface area contributed by atoms with Crippen molar-refractivity contribution in [2.45, 2.75) is 20.3 Å². The zero-order chi connectivity index (χ0) is 8.43. The second-order valence-corrected chi connectivity index (χ2v) is 2.39. The van der Waals surface area contributed by atoms with Gasteiger partial charge in [0.2, 0.25) is 5.88 Å². The Kier molecular flexibility index (Phi) is 2.08. The van der Waals surface area contributed by atoms with Gasteiger partial charge < -0.3 is 5.11 Å². The molecule has 0 amide bonds. The quantitative estimate of drug-likeness (QED) is 0.670. The lowest BCUT2D eigenvalue weighted by Gasteiger charge is -2.01. The molecule has 11 heavy (non-hydrogen) atoms. The number of aryl methyl sites for hydroxylation is 2. The van der Waals surface area contributed by atoms with E-state index in [2.05, 4.69) is 4.98 Å². The fourth-order valence-electron chi connectivity index (χ4n) is 0.866. The summed E-state index contributed by atoms with van der Waals surface area (Å²) in [7, 11) is 0. The van der Waals surface area contributed by atoms with E-state index in [0.717, 1.165) is 0 Å². The van der Waals surface area contributed by atoms with Crippen LogP contribution in [0.25, 0.3) is 0 Å². The number of aromatic nitrogens is 1. The number of halogens is 1. The highest BCUT2D eigenvalue weighted by Crippen LogP contribution is 2.17. The first-order valence-corrected chi connectivity index (χ1v) is 3.50. The molecule has 0 saturated carbocycles. The molecule has 0 aliphatic heterocycles. The standard InChI is InChI=1S/C8H10FNO/c1-3-6-4-7(9)5(2)10-8(6)11/h4H,3H2,1-2H3,(H,10,11). The second-order valence-electron chi connectivity index (χ2n) is 2.39. The lowest BCUT2D eigenvalue weighted by molar-refractivity contribution is 0.440. The molecular formula is C8H10FNO. The Bertz CT molecular complexity index is 273. The largest absolute Gasteiger partial charge is 0.493 e. The molecule has 0 spiro atoms. The van der Waals surface area contributed by atoms with Crippen molar-refractivity contribution in [3.8, 4) is 5.88 Å². The third-order valence-corrected chi connectivity index (χ3v) is 1.59. The summed E-state index contributed by atoms with van der Waals surface area (Å²) >= 11 is 0. The van der Waals surface area contributed by atoms with Gasteiger partial charge in [0.05, 0.1) is 5.69 Å². The van der Waals surface area contributed by atoms with E-state index in [9.17, 15) is 4.39 Å². The first kappa shape index (κ1) is 7.98. The molecule has 0 bridgehead atoms. The van der Waals surface area contributed by atoms with Gasteiger partial charge in [-0.05, 0) is 19.4 Å². The number of pyridine rings is 1. The third-order valence-electron chi connectivity index (χ3n) is 1.59. The lowest BCUT2D eigenvalue weighted by atomic mass is 10.2. The van der Waals surface area contributed by atoms with Crippen LogP contribution in [0.1, 0.15) is 18.2 Å². The Morgan fingerprint density at radius 1 is 1.64 bits per heavy atom. The summed E-state index contributed by atoms with van der Waals surface area (Å²) in [5.41, 5.74) is 0.785. The Balaban J connectivity index is 3.21. The molecule has 0 aromatic carbocycles. The zero-order valence-electron chi connectivity index (χ0n) is 6.56. The van der Waals surface area contributed by atoms with E-state index < -0.39 is 0 Å². The molecule has 3 heteroatoms. The summed E-state index contributed by atoms with van der Waals surface area (Å²) in [4.78, 5) is 3.62. The minimum atomic E-state index is -0.361. The SMILES string of the molecule is CCc1cc(F)c(C)nc1O. The molecule has 0 aliphatic rings. The maximum absolute atomic E-state index is 12.8. The molecule has 0 unspecified atom stereocenters. The van der Waals surface area contributed by atoms with E-state index in [-0.39, 0.29) is 17.4 Å². The molecule has 0 aliphatic carbocycles. The lowest BCUT2D eigenvalue weighted by Crippen LogP contribution is -1.92. The monoisotopic (exact) mass is 155 g/mol. The molecule has 60 valence electrons. The van der Waals surface area contributed by atoms with Gasteiger partial charge in [0.25, 0.3) is 0 Å². The van der Waals surface area contributed by atoms with Crippen molar-refractivity contribution in [1.82, 2.24) is 4.98 Å². The van der Waals surface area contributed by atoms with Crippen LogP contribution in [0.3, 0.4) is 0 Å². The molecule has 0 saturated heterocycles. The van der Waals surface area contributed by atoms with Crippen molar-refractivity contribution in [2.75, 3.05) is 0 Å². The Hall–Kier alpha value is -1.12. The third kappa shape index (κ3) is 1.48. The van der Waals surface area contributed by atoms with E-state index in [1.165, 1.54) is 13.0 Å². The van der Waals surface area contributed by atoms with Crippen LogP contribution in [0.4, 0.5) is 4.39 Å². The van der Waals surface area contributed by atoms with Gasteiger partial charge in [0.15, 0.2) is 0 Å². The van der Waals surface area contributed by atoms with E-state index in [1.807, 2.05) is 6.92 Å². The van der Waals surface area contributed by atoms with Gasteiger partial charge in [0.1, 0.15) is 5.82 Å². The smallest absolute Gasteiger partial charge is 0.214 e. The first-order valence-electron chi connectivity index (χ1n) is 3.50. The van der Waals surface area contributed by atoms with Crippen molar-refractivity contribution in [3.05, 3.63) is 23.1 Å². The van der Waals surface area contributed by atoms with E-state index in [1.54, 1.807) is 0 Å². The Morgan fingerprint density at radius 2 is 2.27 bits per heavy atom. The van der Waals surface area contributed by atoms with E-state index in [4.69, 9.17) is 5.11 Å². The summed E-state index contributed by atoms with van der Waals surface area (Å²) in [5, 5.41) is 9.14. The van der Waals surface area contributed by atoms with Crippen molar-refractivity contribution in [2.24, 2.45) is 0 Å². The van der Waals surface area contributed by atoms with Crippen LogP contribution in [-0.2, 0) is 6.42 Å². The number of aromatic hydroxyl groups is 1. The number of hydrogen-bond donors (Lipinski definition) is 1. The molecule has 1 aromatic rings. The van der Waals surface area contributed by atoms with Crippen LogP contribution in [-0.4, -0.2) is 10.1 Å².